The Labute approximate surface area is 81.5 Å². The highest BCUT2D eigenvalue weighted by Gasteiger charge is 2.17. The molecule has 1 aromatic heterocycles. The molecule has 3 N–H and O–H groups in total. The Bertz CT molecular complexity index is 328. The molecule has 0 spiro atoms. The summed E-state index contributed by atoms with van der Waals surface area (Å²) < 4.78 is 1.71. The molecule has 0 aliphatic carbocycles. The Balaban J connectivity index is 2.11. The van der Waals surface area contributed by atoms with Gasteiger partial charge in [0.15, 0.2) is 5.69 Å². The molecular formula is C8H13N5O. The van der Waals surface area contributed by atoms with Crippen LogP contribution in [0.25, 0.3) is 0 Å². The molecule has 76 valence electrons. The first-order chi connectivity index (χ1) is 6.77. The fourth-order valence-corrected chi connectivity index (χ4v) is 1.63. The minimum atomic E-state index is -0.528. The maximum absolute atomic E-state index is 10.8. The maximum Gasteiger partial charge on any atom is 0.270 e. The summed E-state index contributed by atoms with van der Waals surface area (Å²) in [7, 11) is 0. The summed E-state index contributed by atoms with van der Waals surface area (Å²) in [5.41, 5.74) is 5.32. The highest BCUT2D eigenvalue weighted by atomic mass is 16.1. The third-order valence-corrected chi connectivity index (χ3v) is 2.41. The Morgan fingerprint density at radius 3 is 3.14 bits per heavy atom. The Morgan fingerprint density at radius 1 is 1.71 bits per heavy atom. The minimum absolute atomic E-state index is 0.232. The molecule has 0 saturated carbocycles. The predicted molar refractivity (Wildman–Crippen MR) is 49.7 cm³/mol. The average molecular weight is 195 g/mol. The van der Waals surface area contributed by atoms with E-state index in [0.29, 0.717) is 6.04 Å². The van der Waals surface area contributed by atoms with Gasteiger partial charge in [0.25, 0.3) is 5.91 Å². The van der Waals surface area contributed by atoms with E-state index in [2.05, 4.69) is 15.6 Å². The number of nitrogens with two attached hydrogens (primary N) is 1. The van der Waals surface area contributed by atoms with Gasteiger partial charge < -0.3 is 11.1 Å². The molecule has 1 unspecified atom stereocenters. The van der Waals surface area contributed by atoms with Crippen molar-refractivity contribution in [2.75, 3.05) is 13.1 Å². The summed E-state index contributed by atoms with van der Waals surface area (Å²) in [5.74, 6) is -0.528. The van der Waals surface area contributed by atoms with Crippen molar-refractivity contribution in [3.8, 4) is 0 Å². The number of nitrogens with zero attached hydrogens (tertiary/aromatic N) is 3. The largest absolute Gasteiger partial charge is 0.364 e. The first-order valence-electron chi connectivity index (χ1n) is 4.70. The number of nitrogens with one attached hydrogen (secondary N) is 1. The summed E-state index contributed by atoms with van der Waals surface area (Å²) in [6.07, 6.45) is 3.80. The van der Waals surface area contributed by atoms with Crippen LogP contribution in [0.4, 0.5) is 0 Å². The van der Waals surface area contributed by atoms with E-state index in [0.717, 1.165) is 25.9 Å². The molecule has 1 aliphatic heterocycles. The number of rotatable bonds is 2. The van der Waals surface area contributed by atoms with Crippen LogP contribution in [-0.2, 0) is 0 Å². The van der Waals surface area contributed by atoms with Crippen molar-refractivity contribution >= 4 is 5.91 Å². The molecule has 14 heavy (non-hydrogen) atoms. The zero-order valence-corrected chi connectivity index (χ0v) is 7.81. The van der Waals surface area contributed by atoms with Crippen LogP contribution < -0.4 is 11.1 Å². The Hall–Kier alpha value is -1.43. The van der Waals surface area contributed by atoms with Gasteiger partial charge >= 0.3 is 0 Å². The molecular weight excluding hydrogens is 182 g/mol. The van der Waals surface area contributed by atoms with Crippen molar-refractivity contribution in [1.82, 2.24) is 20.3 Å². The number of carbonyl (C=O) groups excluding carboxylic acids is 1. The lowest BCUT2D eigenvalue weighted by molar-refractivity contribution is 0.0995. The molecule has 1 aromatic rings. The Morgan fingerprint density at radius 2 is 2.57 bits per heavy atom. The molecule has 1 fully saturated rings. The summed E-state index contributed by atoms with van der Waals surface area (Å²) in [4.78, 5) is 10.8. The lowest BCUT2D eigenvalue weighted by Gasteiger charge is -2.22. The van der Waals surface area contributed by atoms with Gasteiger partial charge in [0.05, 0.1) is 12.2 Å². The van der Waals surface area contributed by atoms with Crippen LogP contribution >= 0.6 is 0 Å². The van der Waals surface area contributed by atoms with Gasteiger partial charge in [-0.05, 0) is 19.4 Å². The predicted octanol–water partition coefficient (Wildman–Crippen LogP) is -0.699. The molecule has 1 saturated heterocycles. The third-order valence-electron chi connectivity index (χ3n) is 2.41. The monoisotopic (exact) mass is 195 g/mol. The van der Waals surface area contributed by atoms with Gasteiger partial charge in [0, 0.05) is 6.54 Å². The number of primary amides is 1. The van der Waals surface area contributed by atoms with Gasteiger partial charge in [-0.3, -0.25) is 4.79 Å². The number of hydrogen-bond acceptors (Lipinski definition) is 4. The number of piperidine rings is 1. The molecule has 6 nitrogen and oxygen atoms in total. The normalized spacial score (nSPS) is 22.1. The fourth-order valence-electron chi connectivity index (χ4n) is 1.63. The number of hydrogen-bond donors (Lipinski definition) is 2. The van der Waals surface area contributed by atoms with Crippen LogP contribution in [0.1, 0.15) is 29.4 Å². The summed E-state index contributed by atoms with van der Waals surface area (Å²) in [5, 5.41) is 10.9. The van der Waals surface area contributed by atoms with E-state index in [-0.39, 0.29) is 5.69 Å². The second kappa shape index (κ2) is 3.75. The second-order valence-electron chi connectivity index (χ2n) is 3.45. The van der Waals surface area contributed by atoms with E-state index in [1.54, 1.807) is 10.9 Å². The van der Waals surface area contributed by atoms with Crippen molar-refractivity contribution in [3.63, 3.8) is 0 Å². The van der Waals surface area contributed by atoms with Crippen LogP contribution in [0.2, 0.25) is 0 Å². The SMILES string of the molecule is NC(=O)c1cn(C2CCCNC2)nn1. The lowest BCUT2D eigenvalue weighted by Crippen LogP contribution is -2.31. The standard InChI is InChI=1S/C8H13N5O/c9-8(14)7-5-13(12-11-7)6-2-1-3-10-4-6/h5-6,10H,1-4H2,(H2,9,14). The molecule has 1 aliphatic rings. The molecule has 0 bridgehead atoms. The van der Waals surface area contributed by atoms with Gasteiger partial charge in [0.2, 0.25) is 0 Å². The van der Waals surface area contributed by atoms with Gasteiger partial charge in [-0.15, -0.1) is 5.10 Å². The summed E-state index contributed by atoms with van der Waals surface area (Å²) in [6, 6.07) is 0.296. The highest BCUT2D eigenvalue weighted by Crippen LogP contribution is 2.14. The zero-order valence-electron chi connectivity index (χ0n) is 7.81. The highest BCUT2D eigenvalue weighted by molar-refractivity contribution is 5.90. The topological polar surface area (TPSA) is 85.8 Å². The number of carbonyl (C=O) groups is 1. The molecule has 0 radical (unpaired) electrons. The Kier molecular flexibility index (Phi) is 2.45. The van der Waals surface area contributed by atoms with Crippen molar-refractivity contribution in [2.45, 2.75) is 18.9 Å². The van der Waals surface area contributed by atoms with Crippen molar-refractivity contribution in [3.05, 3.63) is 11.9 Å². The van der Waals surface area contributed by atoms with Crippen molar-refractivity contribution < 1.29 is 4.79 Å². The fraction of sp³-hybridized carbons (Fsp3) is 0.625. The van der Waals surface area contributed by atoms with E-state index in [9.17, 15) is 4.79 Å². The van der Waals surface area contributed by atoms with Gasteiger partial charge in [-0.1, -0.05) is 5.21 Å². The molecule has 2 rings (SSSR count). The van der Waals surface area contributed by atoms with E-state index in [4.69, 9.17) is 5.73 Å². The van der Waals surface area contributed by atoms with Crippen LogP contribution in [0.5, 0.6) is 0 Å². The molecule has 0 aromatic carbocycles. The van der Waals surface area contributed by atoms with Crippen LogP contribution in [-0.4, -0.2) is 34.0 Å². The molecule has 2 heterocycles. The quantitative estimate of drug-likeness (QED) is 0.653. The first-order valence-corrected chi connectivity index (χ1v) is 4.70. The third kappa shape index (κ3) is 1.74. The van der Waals surface area contributed by atoms with E-state index < -0.39 is 5.91 Å². The average Bonchev–Trinajstić information content (AvgIpc) is 2.68. The number of aromatic nitrogens is 3. The molecule has 1 atom stereocenters. The first kappa shape index (κ1) is 9.14. The van der Waals surface area contributed by atoms with E-state index in [1.165, 1.54) is 0 Å². The van der Waals surface area contributed by atoms with Gasteiger partial charge in [-0.25, -0.2) is 4.68 Å². The summed E-state index contributed by atoms with van der Waals surface area (Å²) >= 11 is 0. The zero-order chi connectivity index (χ0) is 9.97. The van der Waals surface area contributed by atoms with Crippen molar-refractivity contribution in [2.24, 2.45) is 5.73 Å². The van der Waals surface area contributed by atoms with Gasteiger partial charge in [0.1, 0.15) is 0 Å². The second-order valence-corrected chi connectivity index (χ2v) is 3.45. The molecule has 1 amide bonds. The van der Waals surface area contributed by atoms with E-state index in [1.807, 2.05) is 0 Å². The van der Waals surface area contributed by atoms with Crippen LogP contribution in [0.15, 0.2) is 6.20 Å². The van der Waals surface area contributed by atoms with Gasteiger partial charge in [-0.2, -0.15) is 0 Å². The molecule has 6 heteroatoms. The van der Waals surface area contributed by atoms with Crippen LogP contribution in [0.3, 0.4) is 0 Å². The number of amides is 1. The lowest BCUT2D eigenvalue weighted by atomic mass is 10.1. The van der Waals surface area contributed by atoms with Crippen molar-refractivity contribution in [1.29, 1.82) is 0 Å². The minimum Gasteiger partial charge on any atom is -0.364 e. The summed E-state index contributed by atoms with van der Waals surface area (Å²) in [6.45, 7) is 1.93. The van der Waals surface area contributed by atoms with E-state index >= 15 is 0 Å². The smallest absolute Gasteiger partial charge is 0.270 e. The maximum atomic E-state index is 10.8. The van der Waals surface area contributed by atoms with Crippen LogP contribution in [0, 0.1) is 0 Å².